The lowest BCUT2D eigenvalue weighted by atomic mass is 10.4. The quantitative estimate of drug-likeness (QED) is 0.505. The third-order valence-corrected chi connectivity index (χ3v) is 0.551. The first-order chi connectivity index (χ1) is 6.41. The Bertz CT molecular complexity index is 86.2. The average Bonchev–Trinajstić information content (AvgIpc) is 2.27. The van der Waals surface area contributed by atoms with Crippen LogP contribution in [-0.2, 0) is 0 Å². The molecule has 0 bridgehead atoms. The molecule has 0 aliphatic rings. The Balaban J connectivity index is -0.0000000573. The third kappa shape index (κ3) is 92.0. The zero-order chi connectivity index (χ0) is 11.5. The van der Waals surface area contributed by atoms with Crippen molar-refractivity contribution < 1.29 is 0 Å². The van der Waals surface area contributed by atoms with Gasteiger partial charge in [0.15, 0.2) is 0 Å². The molecule has 0 aromatic heterocycles. The van der Waals surface area contributed by atoms with E-state index in [0.29, 0.717) is 0 Å². The van der Waals surface area contributed by atoms with Crippen LogP contribution in [0.25, 0.3) is 0 Å². The van der Waals surface area contributed by atoms with Crippen LogP contribution in [0.3, 0.4) is 0 Å². The van der Waals surface area contributed by atoms with Crippen LogP contribution in [-0.4, -0.2) is 0 Å². The normalized spacial score (nSPS) is 7.31. The van der Waals surface area contributed by atoms with Gasteiger partial charge in [0.25, 0.3) is 0 Å². The van der Waals surface area contributed by atoms with E-state index in [1.807, 2.05) is 72.8 Å². The lowest BCUT2D eigenvalue weighted by Gasteiger charge is -1.65. The second-order valence-corrected chi connectivity index (χ2v) is 1.15. The maximum absolute atomic E-state index is 3.51. The Morgan fingerprint density at radius 3 is 1.31 bits per heavy atom. The Labute approximate surface area is 86.1 Å². The molecule has 0 aromatic carbocycles. The van der Waals surface area contributed by atoms with Crippen LogP contribution in [0.4, 0.5) is 0 Å². The van der Waals surface area contributed by atoms with E-state index >= 15 is 0 Å². The van der Waals surface area contributed by atoms with Crippen molar-refractivity contribution in [3.8, 4) is 0 Å². The molecule has 0 nitrogen and oxygen atoms in total. The standard InChI is InChI=1S/C7H10.3C2H6/c1-3-5-7-6-4-2;3*1-2/h3-7H,1H2,2H3;3*1-2H3/b6-4-,7-5?;;;. The van der Waals surface area contributed by atoms with E-state index < -0.39 is 0 Å². The average molecular weight is 184 g/mol. The molecule has 0 spiro atoms. The first-order valence-electron chi connectivity index (χ1n) is 5.32. The minimum atomic E-state index is 1.75. The summed E-state index contributed by atoms with van der Waals surface area (Å²) in [6.07, 6.45) is 9.51. The van der Waals surface area contributed by atoms with Gasteiger partial charge in [0.1, 0.15) is 0 Å². The number of rotatable bonds is 2. The van der Waals surface area contributed by atoms with Gasteiger partial charge in [-0.2, -0.15) is 0 Å². The van der Waals surface area contributed by atoms with Crippen LogP contribution >= 0.6 is 0 Å². The van der Waals surface area contributed by atoms with Gasteiger partial charge in [-0.3, -0.25) is 0 Å². The van der Waals surface area contributed by atoms with Crippen molar-refractivity contribution in [3.63, 3.8) is 0 Å². The molecular weight excluding hydrogens is 156 g/mol. The van der Waals surface area contributed by atoms with Crippen LogP contribution in [0.1, 0.15) is 48.5 Å². The maximum atomic E-state index is 3.51. The summed E-state index contributed by atoms with van der Waals surface area (Å²) >= 11 is 0. The minimum Gasteiger partial charge on any atom is -0.0991 e. The second-order valence-electron chi connectivity index (χ2n) is 1.15. The highest BCUT2D eigenvalue weighted by Gasteiger charge is 1.52. The highest BCUT2D eigenvalue weighted by atomic mass is 13.6. The molecule has 0 aromatic rings. The molecule has 0 N–H and O–H groups in total. The number of hydrogen-bond donors (Lipinski definition) is 0. The predicted molar refractivity (Wildman–Crippen MR) is 68.2 cm³/mol. The Morgan fingerprint density at radius 1 is 0.692 bits per heavy atom. The molecular formula is C13H28. The van der Waals surface area contributed by atoms with Gasteiger partial charge in [-0.25, -0.2) is 0 Å². The molecule has 0 radical (unpaired) electrons. The summed E-state index contributed by atoms with van der Waals surface area (Å²) < 4.78 is 0. The summed E-state index contributed by atoms with van der Waals surface area (Å²) in [5.74, 6) is 0. The monoisotopic (exact) mass is 184 g/mol. The predicted octanol–water partition coefficient (Wildman–Crippen LogP) is 5.38. The fraction of sp³-hybridized carbons (Fsp3) is 0.538. The SMILES string of the molecule is C=CC=C/C=C\C.CC.CC.CC. The zero-order valence-corrected chi connectivity index (χ0v) is 10.6. The smallest absolute Gasteiger partial charge is 0.0467 e. The van der Waals surface area contributed by atoms with Crippen molar-refractivity contribution in [2.24, 2.45) is 0 Å². The van der Waals surface area contributed by atoms with Crippen molar-refractivity contribution in [2.75, 3.05) is 0 Å². The Kier molecular flexibility index (Phi) is 115. The lowest BCUT2D eigenvalue weighted by Crippen LogP contribution is -1.43. The maximum Gasteiger partial charge on any atom is -0.0467 e. The summed E-state index contributed by atoms with van der Waals surface area (Å²) in [6.45, 7) is 17.5. The van der Waals surface area contributed by atoms with Gasteiger partial charge in [0.05, 0.1) is 0 Å². The number of hydrogen-bond acceptors (Lipinski definition) is 0. The Morgan fingerprint density at radius 2 is 1.08 bits per heavy atom. The van der Waals surface area contributed by atoms with Gasteiger partial charge in [-0.15, -0.1) is 0 Å². The van der Waals surface area contributed by atoms with Crippen LogP contribution < -0.4 is 0 Å². The second kappa shape index (κ2) is 65.8. The minimum absolute atomic E-state index is 1.75. The summed E-state index contributed by atoms with van der Waals surface area (Å²) in [5, 5.41) is 0. The highest BCUT2D eigenvalue weighted by Crippen LogP contribution is 1.74. The molecule has 0 aliphatic heterocycles. The molecule has 0 saturated heterocycles. The van der Waals surface area contributed by atoms with E-state index in [4.69, 9.17) is 0 Å². The number of allylic oxidation sites excluding steroid dienone is 5. The van der Waals surface area contributed by atoms with Crippen molar-refractivity contribution in [1.29, 1.82) is 0 Å². The van der Waals surface area contributed by atoms with Gasteiger partial charge in [-0.05, 0) is 6.92 Å². The van der Waals surface area contributed by atoms with Crippen LogP contribution in [0.15, 0.2) is 37.0 Å². The van der Waals surface area contributed by atoms with E-state index in [9.17, 15) is 0 Å². The molecule has 0 unspecified atom stereocenters. The molecule has 0 heterocycles. The molecule has 0 atom stereocenters. The summed E-state index contributed by atoms with van der Waals surface area (Å²) in [7, 11) is 0. The fourth-order valence-corrected chi connectivity index (χ4v) is 0.254. The molecule has 0 heteroatoms. The van der Waals surface area contributed by atoms with E-state index in [1.165, 1.54) is 0 Å². The van der Waals surface area contributed by atoms with E-state index in [0.717, 1.165) is 0 Å². The topological polar surface area (TPSA) is 0 Å². The molecule has 80 valence electrons. The van der Waals surface area contributed by atoms with E-state index in [-0.39, 0.29) is 0 Å². The van der Waals surface area contributed by atoms with Crippen LogP contribution in [0, 0.1) is 0 Å². The Hall–Kier alpha value is -0.780. The molecule has 0 saturated carbocycles. The van der Waals surface area contributed by atoms with Crippen molar-refractivity contribution in [1.82, 2.24) is 0 Å². The molecule has 0 amide bonds. The fourth-order valence-electron chi connectivity index (χ4n) is 0.254. The van der Waals surface area contributed by atoms with Crippen LogP contribution in [0.2, 0.25) is 0 Å². The summed E-state index contributed by atoms with van der Waals surface area (Å²) in [6, 6.07) is 0. The molecule has 0 fully saturated rings. The largest absolute Gasteiger partial charge is 0.0991 e. The summed E-state index contributed by atoms with van der Waals surface area (Å²) in [5.41, 5.74) is 0. The zero-order valence-electron chi connectivity index (χ0n) is 10.6. The lowest BCUT2D eigenvalue weighted by molar-refractivity contribution is 1.50. The first kappa shape index (κ1) is 22.8. The van der Waals surface area contributed by atoms with Gasteiger partial charge >= 0.3 is 0 Å². The first-order valence-corrected chi connectivity index (χ1v) is 5.32. The third-order valence-electron chi connectivity index (χ3n) is 0.551. The molecule has 0 rings (SSSR count). The summed E-state index contributed by atoms with van der Waals surface area (Å²) in [4.78, 5) is 0. The molecule has 13 heavy (non-hydrogen) atoms. The van der Waals surface area contributed by atoms with Crippen molar-refractivity contribution in [2.45, 2.75) is 48.5 Å². The van der Waals surface area contributed by atoms with Gasteiger partial charge in [0.2, 0.25) is 0 Å². The highest BCUT2D eigenvalue weighted by molar-refractivity contribution is 5.07. The van der Waals surface area contributed by atoms with Crippen molar-refractivity contribution in [3.05, 3.63) is 37.0 Å². The van der Waals surface area contributed by atoms with Gasteiger partial charge in [0, 0.05) is 0 Å². The molecule has 0 aliphatic carbocycles. The van der Waals surface area contributed by atoms with Crippen LogP contribution in [0.5, 0.6) is 0 Å². The van der Waals surface area contributed by atoms with E-state index in [1.54, 1.807) is 6.08 Å². The van der Waals surface area contributed by atoms with Gasteiger partial charge in [-0.1, -0.05) is 78.5 Å². The van der Waals surface area contributed by atoms with E-state index in [2.05, 4.69) is 6.58 Å². The van der Waals surface area contributed by atoms with Crippen molar-refractivity contribution >= 4 is 0 Å². The van der Waals surface area contributed by atoms with Gasteiger partial charge < -0.3 is 0 Å².